The van der Waals surface area contributed by atoms with Gasteiger partial charge in [0.05, 0.1) is 6.08 Å². The van der Waals surface area contributed by atoms with Gasteiger partial charge in [-0.05, 0) is 6.92 Å². The first-order valence-electron chi connectivity index (χ1n) is 2.27. The van der Waals surface area contributed by atoms with Crippen LogP contribution in [0.1, 0.15) is 6.92 Å². The summed E-state index contributed by atoms with van der Waals surface area (Å²) in [5.41, 5.74) is 2.62. The third-order valence-corrected chi connectivity index (χ3v) is 0.749. The third kappa shape index (κ3) is 4.00. The van der Waals surface area contributed by atoms with Gasteiger partial charge in [-0.2, -0.15) is 0 Å². The van der Waals surface area contributed by atoms with Crippen molar-refractivity contribution in [2.45, 2.75) is 6.92 Å². The minimum Gasteiger partial charge on any atom is -1.00 e. The van der Waals surface area contributed by atoms with Crippen molar-refractivity contribution in [2.24, 2.45) is 0 Å². The Labute approximate surface area is 82.9 Å². The summed E-state index contributed by atoms with van der Waals surface area (Å²) in [6.45, 7) is 1.71. The van der Waals surface area contributed by atoms with Crippen molar-refractivity contribution in [3.05, 3.63) is 24.0 Å². The van der Waals surface area contributed by atoms with Crippen LogP contribution in [0.15, 0.2) is 17.9 Å². The molecule has 0 unspecified atom stereocenters. The Kier molecular flexibility index (Phi) is 7.45. The van der Waals surface area contributed by atoms with E-state index in [9.17, 15) is 4.79 Å². The molecule has 1 aliphatic heterocycles. The molecule has 0 aromatic heterocycles. The second-order valence-electron chi connectivity index (χ2n) is 1.49. The molecule has 1 heterocycles. The van der Waals surface area contributed by atoms with E-state index < -0.39 is 0 Å². The Morgan fingerprint density at radius 1 is 1.50 bits per heavy atom. The van der Waals surface area contributed by atoms with Crippen molar-refractivity contribution < 1.29 is 46.0 Å². The molecule has 0 bridgehead atoms. The molecule has 0 fully saturated rings. The summed E-state index contributed by atoms with van der Waals surface area (Å²) in [5, 5.41) is 0. The number of hydrogen-bond acceptors (Lipinski definition) is 2. The van der Waals surface area contributed by atoms with E-state index in [4.69, 9.17) is 0 Å². The first-order valence-corrected chi connectivity index (χ1v) is 2.27. The number of carbonyl (C=O) groups is 1. The van der Waals surface area contributed by atoms with Gasteiger partial charge in [-0.15, -0.1) is 5.73 Å². The van der Waals surface area contributed by atoms with E-state index in [1.54, 1.807) is 13.0 Å². The van der Waals surface area contributed by atoms with Crippen molar-refractivity contribution in [3.63, 3.8) is 0 Å². The molecule has 0 saturated carbocycles. The second kappa shape index (κ2) is 5.85. The van der Waals surface area contributed by atoms with Gasteiger partial charge in [-0.1, -0.05) is 0 Å². The molecule has 0 amide bonds. The fourth-order valence-electron chi connectivity index (χ4n) is 0.445. The molecule has 2 nitrogen and oxygen atoms in total. The van der Waals surface area contributed by atoms with Gasteiger partial charge >= 0.3 is 5.97 Å². The number of cyclic esters (lactones) is 1. The average Bonchev–Trinajstić information content (AvgIpc) is 1.64. The molecule has 0 aliphatic carbocycles. The summed E-state index contributed by atoms with van der Waals surface area (Å²) < 4.78 is 4.59. The predicted octanol–water partition coefficient (Wildman–Crippen LogP) is -2.19. The van der Waals surface area contributed by atoms with Crippen molar-refractivity contribution >= 4 is 5.97 Å². The summed E-state index contributed by atoms with van der Waals surface area (Å²) >= 11 is 0. The molecule has 1 aliphatic rings. The fourth-order valence-corrected chi connectivity index (χ4v) is 0.445. The molecule has 0 atom stereocenters. The maximum Gasteiger partial charge on any atom is 0.339 e. The fraction of sp³-hybridized carbons (Fsp3) is 0.167. The predicted molar refractivity (Wildman–Crippen MR) is 27.7 cm³/mol. The molecule has 0 aromatic rings. The standard InChI is InChI=1S/C6H5O2.BrH.Zn/c1-5-3-2-4-6(7)8-5;;/h3-4H,1H3;1H;/p-1. The van der Waals surface area contributed by atoms with Crippen LogP contribution in [-0.2, 0) is 29.0 Å². The second-order valence-corrected chi connectivity index (χ2v) is 1.49. The normalized spacial score (nSPS) is 15.1. The quantitative estimate of drug-likeness (QED) is 0.279. The molecule has 51 valence electrons. The summed E-state index contributed by atoms with van der Waals surface area (Å²) in [6.07, 6.45) is 3.46. The van der Waals surface area contributed by atoms with Crippen molar-refractivity contribution in [1.82, 2.24) is 0 Å². The Balaban J connectivity index is 0. The van der Waals surface area contributed by atoms with Crippen molar-refractivity contribution in [2.75, 3.05) is 0 Å². The molecular weight excluding hydrogens is 249 g/mol. The maximum absolute atomic E-state index is 10.3. The summed E-state index contributed by atoms with van der Waals surface area (Å²) in [6, 6.07) is 0. The van der Waals surface area contributed by atoms with Crippen LogP contribution in [0.25, 0.3) is 0 Å². The summed E-state index contributed by atoms with van der Waals surface area (Å²) in [5.74, 6) is -0.343. The van der Waals surface area contributed by atoms with E-state index in [-0.39, 0.29) is 42.4 Å². The molecule has 1 radical (unpaired) electrons. The number of hydrogen-bond donors (Lipinski definition) is 0. The zero-order chi connectivity index (χ0) is 5.98. The van der Waals surface area contributed by atoms with Crippen LogP contribution in [0.3, 0.4) is 0 Å². The van der Waals surface area contributed by atoms with Gasteiger partial charge < -0.3 is 21.7 Å². The SMILES string of the molecule is C[C]1C=C=CC(=O)O1.[Br-].[Zn]. The van der Waals surface area contributed by atoms with Gasteiger partial charge in [0.2, 0.25) is 0 Å². The van der Waals surface area contributed by atoms with Crippen molar-refractivity contribution in [3.8, 4) is 0 Å². The zero-order valence-corrected chi connectivity index (χ0v) is 10.1. The van der Waals surface area contributed by atoms with Crippen molar-refractivity contribution in [1.29, 1.82) is 0 Å². The van der Waals surface area contributed by atoms with E-state index in [2.05, 4.69) is 10.5 Å². The Morgan fingerprint density at radius 2 is 2.10 bits per heavy atom. The van der Waals surface area contributed by atoms with Crippen LogP contribution in [0.5, 0.6) is 0 Å². The van der Waals surface area contributed by atoms with Gasteiger partial charge in [0.25, 0.3) is 0 Å². The number of rotatable bonds is 0. The molecule has 0 aromatic carbocycles. The number of esters is 1. The Bertz CT molecular complexity index is 173. The molecular formula is C6H5BrO2Zn-. The third-order valence-electron chi connectivity index (χ3n) is 0.749. The van der Waals surface area contributed by atoms with Gasteiger partial charge in [-0.25, -0.2) is 4.79 Å². The van der Waals surface area contributed by atoms with Gasteiger partial charge in [0.1, 0.15) is 0 Å². The first-order chi connectivity index (χ1) is 3.79. The average molecular weight is 254 g/mol. The molecule has 0 spiro atoms. The van der Waals surface area contributed by atoms with Crippen LogP contribution in [0, 0.1) is 6.10 Å². The Morgan fingerprint density at radius 3 is 2.40 bits per heavy atom. The topological polar surface area (TPSA) is 26.3 Å². The maximum atomic E-state index is 10.3. The van der Waals surface area contributed by atoms with E-state index >= 15 is 0 Å². The minimum atomic E-state index is -0.343. The van der Waals surface area contributed by atoms with Crippen LogP contribution in [0.4, 0.5) is 0 Å². The molecule has 10 heavy (non-hydrogen) atoms. The molecule has 0 N–H and O–H groups in total. The van der Waals surface area contributed by atoms with E-state index in [1.807, 2.05) is 0 Å². The number of ether oxygens (including phenoxy) is 1. The zero-order valence-electron chi connectivity index (χ0n) is 5.56. The largest absolute Gasteiger partial charge is 1.00 e. The van der Waals surface area contributed by atoms with E-state index in [1.165, 1.54) is 6.08 Å². The molecule has 1 rings (SSSR count). The summed E-state index contributed by atoms with van der Waals surface area (Å²) in [7, 11) is 0. The Hall–Kier alpha value is 0.0934. The van der Waals surface area contributed by atoms with Gasteiger partial charge in [-0.3, -0.25) is 0 Å². The van der Waals surface area contributed by atoms with Gasteiger partial charge in [0.15, 0.2) is 6.10 Å². The van der Waals surface area contributed by atoms with Crippen LogP contribution < -0.4 is 17.0 Å². The van der Waals surface area contributed by atoms with Crippen LogP contribution >= 0.6 is 0 Å². The van der Waals surface area contributed by atoms with Crippen LogP contribution in [-0.4, -0.2) is 5.97 Å². The summed E-state index contributed by atoms with van der Waals surface area (Å²) in [4.78, 5) is 10.3. The monoisotopic (exact) mass is 252 g/mol. The molecule has 4 heteroatoms. The van der Waals surface area contributed by atoms with Gasteiger partial charge in [0, 0.05) is 25.6 Å². The van der Waals surface area contributed by atoms with E-state index in [0.29, 0.717) is 6.10 Å². The number of carbonyl (C=O) groups excluding carboxylic acids is 1. The van der Waals surface area contributed by atoms with Crippen LogP contribution in [0.2, 0.25) is 0 Å². The first kappa shape index (κ1) is 12.7. The molecule has 0 saturated heterocycles. The van der Waals surface area contributed by atoms with E-state index in [0.717, 1.165) is 0 Å². The smallest absolute Gasteiger partial charge is 0.339 e. The number of halogens is 1. The minimum absolute atomic E-state index is 0.